The normalized spacial score (nSPS) is 11.8. The van der Waals surface area contributed by atoms with Crippen molar-refractivity contribution in [2.75, 3.05) is 13.2 Å². The number of aliphatic hydroxyl groups is 1. The van der Waals surface area contributed by atoms with Crippen LogP contribution in [0.4, 0.5) is 0 Å². The summed E-state index contributed by atoms with van der Waals surface area (Å²) >= 11 is 0. The summed E-state index contributed by atoms with van der Waals surface area (Å²) < 4.78 is 8.62. The molecule has 0 aliphatic carbocycles. The molecule has 5 heteroatoms. The first-order valence-electron chi connectivity index (χ1n) is 3.03. The molecule has 1 unspecified atom stereocenters. The third-order valence-electron chi connectivity index (χ3n) is 0.836. The maximum atomic E-state index is 10.2. The number of carbonyl (C=O) groups is 2. The first-order valence-corrected chi connectivity index (χ1v) is 3.03. The smallest absolute Gasteiger partial charge is 0.302 e. The maximum absolute atomic E-state index is 10.2. The van der Waals surface area contributed by atoms with Crippen LogP contribution in [0.5, 0.6) is 0 Å². The highest BCUT2D eigenvalue weighted by Gasteiger charge is 2.05. The van der Waals surface area contributed by atoms with Crippen molar-refractivity contribution in [2.24, 2.45) is 0 Å². The number of aliphatic hydroxyl groups excluding tert-OH is 1. The Kier molecular flexibility index (Phi) is 5.10. The van der Waals surface area contributed by atoms with Crippen molar-refractivity contribution < 1.29 is 24.2 Å². The van der Waals surface area contributed by atoms with Crippen LogP contribution in [0.1, 0.15) is 6.92 Å². The van der Waals surface area contributed by atoms with Crippen LogP contribution in [0.15, 0.2) is 0 Å². The van der Waals surface area contributed by atoms with Gasteiger partial charge in [-0.25, -0.2) is 0 Å². The van der Waals surface area contributed by atoms with E-state index >= 15 is 0 Å². The number of hydrogen-bond donors (Lipinski definition) is 1. The minimum absolute atomic E-state index is 0.150. The van der Waals surface area contributed by atoms with E-state index < -0.39 is 12.1 Å². The summed E-state index contributed by atoms with van der Waals surface area (Å²) in [6, 6.07) is 0. The molecule has 1 N–H and O–H groups in total. The molecule has 11 heavy (non-hydrogen) atoms. The predicted octanol–water partition coefficient (Wildman–Crippen LogP) is -0.917. The molecule has 0 spiro atoms. The van der Waals surface area contributed by atoms with Gasteiger partial charge in [-0.3, -0.25) is 9.59 Å². The van der Waals surface area contributed by atoms with Crippen molar-refractivity contribution in [1.82, 2.24) is 0 Å². The van der Waals surface area contributed by atoms with Gasteiger partial charge in [-0.05, 0) is 0 Å². The quantitative estimate of drug-likeness (QED) is 0.418. The van der Waals surface area contributed by atoms with Crippen LogP contribution in [0.2, 0.25) is 0 Å². The molecule has 0 fully saturated rings. The summed E-state index contributed by atoms with van der Waals surface area (Å²) in [6.07, 6.45) is -0.941. The summed E-state index contributed by atoms with van der Waals surface area (Å²) in [5.41, 5.74) is 0. The van der Waals surface area contributed by atoms with Crippen LogP contribution in [0.25, 0.3) is 0 Å². The van der Waals surface area contributed by atoms with E-state index in [4.69, 9.17) is 5.11 Å². The highest BCUT2D eigenvalue weighted by Crippen LogP contribution is 1.86. The van der Waals surface area contributed by atoms with Gasteiger partial charge < -0.3 is 14.6 Å². The van der Waals surface area contributed by atoms with Crippen LogP contribution in [0.3, 0.4) is 0 Å². The lowest BCUT2D eigenvalue weighted by atomic mass is 10.4. The van der Waals surface area contributed by atoms with Crippen molar-refractivity contribution >= 4 is 12.4 Å². The Morgan fingerprint density at radius 2 is 2.27 bits per heavy atom. The highest BCUT2D eigenvalue weighted by molar-refractivity contribution is 5.65. The number of ether oxygens (including phenoxy) is 2. The van der Waals surface area contributed by atoms with Crippen molar-refractivity contribution in [2.45, 2.75) is 13.0 Å². The summed E-state index contributed by atoms with van der Waals surface area (Å²) in [5, 5.41) is 8.87. The van der Waals surface area contributed by atoms with E-state index in [1.165, 1.54) is 6.92 Å². The van der Waals surface area contributed by atoms with Crippen molar-refractivity contribution in [3.05, 3.63) is 0 Å². The van der Waals surface area contributed by atoms with Crippen LogP contribution < -0.4 is 0 Å². The standard InChI is InChI=1S/C6H10O5/c1-5(8)11-3-6(9)2-10-4-7/h4,6,9H,2-3H2,1H3. The van der Waals surface area contributed by atoms with E-state index in [0.29, 0.717) is 0 Å². The molecule has 0 amide bonds. The molecule has 0 saturated carbocycles. The SMILES string of the molecule is CC(=O)OCC(O)COC=O. The Labute approximate surface area is 63.9 Å². The molecule has 64 valence electrons. The Morgan fingerprint density at radius 1 is 1.64 bits per heavy atom. The molecular formula is C6H10O5. The Bertz CT molecular complexity index is 133. The Morgan fingerprint density at radius 3 is 2.73 bits per heavy atom. The van der Waals surface area contributed by atoms with Gasteiger partial charge in [0.25, 0.3) is 6.47 Å². The first-order chi connectivity index (χ1) is 5.16. The van der Waals surface area contributed by atoms with E-state index in [0.717, 1.165) is 0 Å². The third kappa shape index (κ3) is 6.79. The molecule has 0 aromatic carbocycles. The summed E-state index contributed by atoms with van der Waals surface area (Å²) in [6.45, 7) is 1.14. The van der Waals surface area contributed by atoms with E-state index in [-0.39, 0.29) is 19.7 Å². The lowest BCUT2D eigenvalue weighted by Gasteiger charge is -2.07. The molecule has 0 heterocycles. The molecule has 0 saturated heterocycles. The van der Waals surface area contributed by atoms with Crippen LogP contribution in [0, 0.1) is 0 Å². The molecule has 0 aliphatic rings. The molecule has 0 aliphatic heterocycles. The zero-order chi connectivity index (χ0) is 8.69. The average molecular weight is 162 g/mol. The van der Waals surface area contributed by atoms with Gasteiger partial charge in [0.15, 0.2) is 0 Å². The number of rotatable bonds is 5. The van der Waals surface area contributed by atoms with E-state index in [9.17, 15) is 9.59 Å². The van der Waals surface area contributed by atoms with Crippen LogP contribution in [-0.2, 0) is 19.1 Å². The number of hydrogen-bond acceptors (Lipinski definition) is 5. The largest absolute Gasteiger partial charge is 0.465 e. The zero-order valence-corrected chi connectivity index (χ0v) is 6.15. The molecule has 0 bridgehead atoms. The Hall–Kier alpha value is -1.10. The second-order valence-corrected chi connectivity index (χ2v) is 1.89. The highest BCUT2D eigenvalue weighted by atomic mass is 16.6. The lowest BCUT2D eigenvalue weighted by molar-refractivity contribution is -0.146. The minimum Gasteiger partial charge on any atom is -0.465 e. The predicted molar refractivity (Wildman–Crippen MR) is 34.7 cm³/mol. The van der Waals surface area contributed by atoms with Crippen LogP contribution >= 0.6 is 0 Å². The van der Waals surface area contributed by atoms with Gasteiger partial charge >= 0.3 is 5.97 Å². The molecule has 0 aromatic heterocycles. The van der Waals surface area contributed by atoms with Crippen molar-refractivity contribution in [3.8, 4) is 0 Å². The Balaban J connectivity index is 3.28. The first kappa shape index (κ1) is 9.90. The maximum Gasteiger partial charge on any atom is 0.302 e. The summed E-state index contributed by atoms with van der Waals surface area (Å²) in [5.74, 6) is -0.477. The van der Waals surface area contributed by atoms with Gasteiger partial charge in [0, 0.05) is 6.92 Å². The van der Waals surface area contributed by atoms with Gasteiger partial charge in [0.05, 0.1) is 0 Å². The molecule has 0 rings (SSSR count). The number of esters is 1. The number of carbonyl (C=O) groups excluding carboxylic acids is 2. The van der Waals surface area contributed by atoms with Gasteiger partial charge in [-0.2, -0.15) is 0 Å². The fraction of sp³-hybridized carbons (Fsp3) is 0.667. The molecule has 5 nitrogen and oxygen atoms in total. The van der Waals surface area contributed by atoms with Gasteiger partial charge in [-0.15, -0.1) is 0 Å². The van der Waals surface area contributed by atoms with E-state index in [1.54, 1.807) is 0 Å². The fourth-order valence-electron chi connectivity index (χ4n) is 0.412. The average Bonchev–Trinajstić information content (AvgIpc) is 1.97. The lowest BCUT2D eigenvalue weighted by Crippen LogP contribution is -2.22. The monoisotopic (exact) mass is 162 g/mol. The van der Waals surface area contributed by atoms with E-state index in [1.807, 2.05) is 0 Å². The molecule has 0 aromatic rings. The zero-order valence-electron chi connectivity index (χ0n) is 6.15. The summed E-state index contributed by atoms with van der Waals surface area (Å²) in [7, 11) is 0. The third-order valence-corrected chi connectivity index (χ3v) is 0.836. The second-order valence-electron chi connectivity index (χ2n) is 1.89. The van der Waals surface area contributed by atoms with Gasteiger partial charge in [-0.1, -0.05) is 0 Å². The molecule has 1 atom stereocenters. The topological polar surface area (TPSA) is 72.8 Å². The van der Waals surface area contributed by atoms with Gasteiger partial charge in [0.2, 0.25) is 0 Å². The van der Waals surface area contributed by atoms with Crippen LogP contribution in [-0.4, -0.2) is 36.9 Å². The second kappa shape index (κ2) is 5.67. The van der Waals surface area contributed by atoms with E-state index in [2.05, 4.69) is 9.47 Å². The van der Waals surface area contributed by atoms with Crippen molar-refractivity contribution in [1.29, 1.82) is 0 Å². The summed E-state index contributed by atoms with van der Waals surface area (Å²) in [4.78, 5) is 19.8. The fourth-order valence-corrected chi connectivity index (χ4v) is 0.412. The van der Waals surface area contributed by atoms with Gasteiger partial charge in [0.1, 0.15) is 19.3 Å². The molecule has 0 radical (unpaired) electrons. The molecular weight excluding hydrogens is 152 g/mol. The van der Waals surface area contributed by atoms with Crippen molar-refractivity contribution in [3.63, 3.8) is 0 Å². The minimum atomic E-state index is -0.941.